The van der Waals surface area contributed by atoms with Crippen molar-refractivity contribution in [3.05, 3.63) is 30.0 Å². The number of rotatable bonds is 3. The van der Waals surface area contributed by atoms with Crippen LogP contribution in [0.15, 0.2) is 24.4 Å². The summed E-state index contributed by atoms with van der Waals surface area (Å²) in [5.41, 5.74) is 2.37. The lowest BCUT2D eigenvalue weighted by Gasteiger charge is -2.01. The Morgan fingerprint density at radius 1 is 1.44 bits per heavy atom. The Kier molecular flexibility index (Phi) is 2.82. The molecule has 0 aliphatic carbocycles. The smallest absolute Gasteiger partial charge is 0.120 e. The van der Waals surface area contributed by atoms with Gasteiger partial charge in [0.2, 0.25) is 0 Å². The molecular weight excluding hydrogens is 200 g/mol. The molecule has 0 aliphatic heterocycles. The van der Waals surface area contributed by atoms with Gasteiger partial charge < -0.3 is 9.30 Å². The average Bonchev–Trinajstić information content (AvgIpc) is 2.63. The quantitative estimate of drug-likeness (QED) is 0.787. The number of aromatic nitrogens is 1. The predicted octanol–water partition coefficient (Wildman–Crippen LogP) is 2.64. The Hall–Kier alpha value is -1.95. The molecule has 0 radical (unpaired) electrons. The first-order valence-corrected chi connectivity index (χ1v) is 5.25. The first-order valence-electron chi connectivity index (χ1n) is 5.25. The molecule has 3 heteroatoms. The first-order chi connectivity index (χ1) is 7.76. The van der Waals surface area contributed by atoms with E-state index in [0.717, 1.165) is 17.7 Å². The van der Waals surface area contributed by atoms with E-state index in [2.05, 4.69) is 22.9 Å². The Morgan fingerprint density at radius 2 is 2.25 bits per heavy atom. The highest BCUT2D eigenvalue weighted by Gasteiger charge is 2.07. The van der Waals surface area contributed by atoms with Crippen LogP contribution < -0.4 is 4.74 Å². The third-order valence-corrected chi connectivity index (χ3v) is 2.79. The van der Waals surface area contributed by atoms with Crippen LogP contribution >= 0.6 is 0 Å². The number of fused-ring (bicyclic) bond motifs is 1. The lowest BCUT2D eigenvalue weighted by molar-refractivity contribution is 0.415. The SMILES string of the molecule is COc1ccc2c(CCC#N)cn(C)c2c1. The number of nitrogens with zero attached hydrogens (tertiary/aromatic N) is 2. The maximum absolute atomic E-state index is 8.61. The van der Waals surface area contributed by atoms with E-state index in [1.54, 1.807) is 7.11 Å². The van der Waals surface area contributed by atoms with Crippen LogP contribution in [-0.4, -0.2) is 11.7 Å². The van der Waals surface area contributed by atoms with Crippen LogP contribution in [0.3, 0.4) is 0 Å². The summed E-state index contributed by atoms with van der Waals surface area (Å²) in [5, 5.41) is 9.82. The molecular formula is C13H14N2O. The zero-order valence-electron chi connectivity index (χ0n) is 9.53. The van der Waals surface area contributed by atoms with Gasteiger partial charge in [0.05, 0.1) is 18.7 Å². The Bertz CT molecular complexity index is 549. The highest BCUT2D eigenvalue weighted by atomic mass is 16.5. The molecule has 0 N–H and O–H groups in total. The van der Waals surface area contributed by atoms with E-state index in [1.165, 1.54) is 10.9 Å². The van der Waals surface area contributed by atoms with Gasteiger partial charge in [0.1, 0.15) is 5.75 Å². The zero-order chi connectivity index (χ0) is 11.5. The molecule has 16 heavy (non-hydrogen) atoms. The topological polar surface area (TPSA) is 37.9 Å². The minimum Gasteiger partial charge on any atom is -0.497 e. The van der Waals surface area contributed by atoms with E-state index in [1.807, 2.05) is 19.2 Å². The maximum atomic E-state index is 8.61. The van der Waals surface area contributed by atoms with Crippen molar-refractivity contribution in [1.29, 1.82) is 5.26 Å². The highest BCUT2D eigenvalue weighted by molar-refractivity contribution is 5.85. The summed E-state index contributed by atoms with van der Waals surface area (Å²) in [6.07, 6.45) is 3.45. The van der Waals surface area contributed by atoms with Crippen LogP contribution in [0.4, 0.5) is 0 Å². The normalized spacial score (nSPS) is 10.3. The zero-order valence-corrected chi connectivity index (χ0v) is 9.53. The van der Waals surface area contributed by atoms with Gasteiger partial charge in [-0.3, -0.25) is 0 Å². The third kappa shape index (κ3) is 1.74. The summed E-state index contributed by atoms with van der Waals surface area (Å²) < 4.78 is 7.28. The number of methoxy groups -OCH3 is 1. The fraction of sp³-hybridized carbons (Fsp3) is 0.308. The van der Waals surface area contributed by atoms with Gasteiger partial charge >= 0.3 is 0 Å². The third-order valence-electron chi connectivity index (χ3n) is 2.79. The fourth-order valence-electron chi connectivity index (χ4n) is 1.96. The number of hydrogen-bond acceptors (Lipinski definition) is 2. The molecule has 82 valence electrons. The van der Waals surface area contributed by atoms with Crippen LogP contribution in [0.5, 0.6) is 5.75 Å². The molecule has 0 saturated heterocycles. The van der Waals surface area contributed by atoms with Gasteiger partial charge in [-0.05, 0) is 24.1 Å². The molecule has 0 atom stereocenters. The van der Waals surface area contributed by atoms with Crippen molar-refractivity contribution in [2.45, 2.75) is 12.8 Å². The lowest BCUT2D eigenvalue weighted by Crippen LogP contribution is -1.86. The van der Waals surface area contributed by atoms with Crippen LogP contribution in [0.2, 0.25) is 0 Å². The summed E-state index contributed by atoms with van der Waals surface area (Å²) in [7, 11) is 3.68. The Labute approximate surface area is 94.9 Å². The molecule has 1 heterocycles. The molecule has 0 amide bonds. The predicted molar refractivity (Wildman–Crippen MR) is 63.4 cm³/mol. The molecule has 2 rings (SSSR count). The molecule has 0 aliphatic rings. The van der Waals surface area contributed by atoms with Crippen LogP contribution in [0.1, 0.15) is 12.0 Å². The molecule has 1 aromatic carbocycles. The molecule has 1 aromatic heterocycles. The average molecular weight is 214 g/mol. The molecule has 0 saturated carbocycles. The summed E-state index contributed by atoms with van der Waals surface area (Å²) in [5.74, 6) is 0.862. The fourth-order valence-corrected chi connectivity index (χ4v) is 1.96. The number of hydrogen-bond donors (Lipinski definition) is 0. The molecule has 2 aromatic rings. The van der Waals surface area contributed by atoms with Gasteiger partial charge in [0.25, 0.3) is 0 Å². The van der Waals surface area contributed by atoms with Crippen molar-refractivity contribution < 1.29 is 4.74 Å². The van der Waals surface area contributed by atoms with Gasteiger partial charge in [0, 0.05) is 31.1 Å². The van der Waals surface area contributed by atoms with Crippen molar-refractivity contribution >= 4 is 10.9 Å². The number of ether oxygens (including phenoxy) is 1. The molecule has 0 spiro atoms. The van der Waals surface area contributed by atoms with Crippen molar-refractivity contribution in [2.75, 3.05) is 7.11 Å². The summed E-state index contributed by atoms with van der Waals surface area (Å²) in [4.78, 5) is 0. The van der Waals surface area contributed by atoms with Crippen LogP contribution in [0, 0.1) is 11.3 Å². The van der Waals surface area contributed by atoms with E-state index in [9.17, 15) is 0 Å². The summed E-state index contributed by atoms with van der Waals surface area (Å²) in [6.45, 7) is 0. The number of benzene rings is 1. The largest absolute Gasteiger partial charge is 0.497 e. The highest BCUT2D eigenvalue weighted by Crippen LogP contribution is 2.25. The monoisotopic (exact) mass is 214 g/mol. The van der Waals surface area contributed by atoms with Crippen LogP contribution in [-0.2, 0) is 13.5 Å². The van der Waals surface area contributed by atoms with Crippen molar-refractivity contribution in [3.63, 3.8) is 0 Å². The van der Waals surface area contributed by atoms with Crippen molar-refractivity contribution in [3.8, 4) is 11.8 Å². The van der Waals surface area contributed by atoms with Gasteiger partial charge in [-0.1, -0.05) is 0 Å². The van der Waals surface area contributed by atoms with Crippen molar-refractivity contribution in [2.24, 2.45) is 7.05 Å². The van der Waals surface area contributed by atoms with Crippen LogP contribution in [0.25, 0.3) is 10.9 Å². The van der Waals surface area contributed by atoms with Gasteiger partial charge in [0.15, 0.2) is 0 Å². The van der Waals surface area contributed by atoms with Gasteiger partial charge in [-0.25, -0.2) is 0 Å². The van der Waals surface area contributed by atoms with Gasteiger partial charge in [-0.2, -0.15) is 5.26 Å². The van der Waals surface area contributed by atoms with Gasteiger partial charge in [-0.15, -0.1) is 0 Å². The minimum absolute atomic E-state index is 0.561. The molecule has 0 bridgehead atoms. The van der Waals surface area contributed by atoms with Crippen molar-refractivity contribution in [1.82, 2.24) is 4.57 Å². The summed E-state index contributed by atoms with van der Waals surface area (Å²) >= 11 is 0. The van der Waals surface area contributed by atoms with E-state index in [0.29, 0.717) is 6.42 Å². The molecule has 0 unspecified atom stereocenters. The maximum Gasteiger partial charge on any atom is 0.120 e. The number of nitriles is 1. The second-order valence-electron chi connectivity index (χ2n) is 3.81. The molecule has 0 fully saturated rings. The second-order valence-corrected chi connectivity index (χ2v) is 3.81. The summed E-state index contributed by atoms with van der Waals surface area (Å²) in [6, 6.07) is 8.21. The first kappa shape index (κ1) is 10.6. The molecule has 3 nitrogen and oxygen atoms in total. The minimum atomic E-state index is 0.561. The standard InChI is InChI=1S/C13H14N2O/c1-15-9-10(4-3-7-14)12-6-5-11(16-2)8-13(12)15/h5-6,8-9H,3-4H2,1-2H3. The number of aryl methyl sites for hydroxylation is 2. The lowest BCUT2D eigenvalue weighted by atomic mass is 10.1. The second kappa shape index (κ2) is 4.28. The van der Waals surface area contributed by atoms with E-state index in [-0.39, 0.29) is 0 Å². The van der Waals surface area contributed by atoms with E-state index < -0.39 is 0 Å². The van der Waals surface area contributed by atoms with E-state index in [4.69, 9.17) is 10.00 Å². The Morgan fingerprint density at radius 3 is 2.94 bits per heavy atom. The Balaban J connectivity index is 2.50. The van der Waals surface area contributed by atoms with E-state index >= 15 is 0 Å².